The zero-order valence-electron chi connectivity index (χ0n) is 17.8. The van der Waals surface area contributed by atoms with E-state index in [1.165, 1.54) is 6.26 Å². The van der Waals surface area contributed by atoms with E-state index in [1.807, 2.05) is 58.8 Å². The lowest BCUT2D eigenvalue weighted by Gasteiger charge is -2.14. The SMILES string of the molecule is Cc1cc(-c2cccc(S(C)(=O)=O)c2)ccc1-n1cc(C(C)(C)O)nc1-c1ccsc1. The number of aromatic nitrogens is 2. The van der Waals surface area contributed by atoms with Gasteiger partial charge in [0, 0.05) is 23.4 Å². The minimum atomic E-state index is -3.27. The molecule has 4 aromatic rings. The Hall–Kier alpha value is -2.74. The molecule has 0 spiro atoms. The molecule has 0 unspecified atom stereocenters. The quantitative estimate of drug-likeness (QED) is 0.451. The molecule has 160 valence electrons. The van der Waals surface area contributed by atoms with Crippen LogP contribution in [0.1, 0.15) is 25.1 Å². The van der Waals surface area contributed by atoms with Gasteiger partial charge in [-0.1, -0.05) is 18.2 Å². The zero-order chi connectivity index (χ0) is 22.4. The van der Waals surface area contributed by atoms with Gasteiger partial charge in [0.25, 0.3) is 0 Å². The first-order chi connectivity index (χ1) is 14.5. The lowest BCUT2D eigenvalue weighted by atomic mass is 10.0. The summed E-state index contributed by atoms with van der Waals surface area (Å²) in [6.07, 6.45) is 3.09. The van der Waals surface area contributed by atoms with Crippen LogP contribution in [-0.2, 0) is 15.4 Å². The van der Waals surface area contributed by atoms with Gasteiger partial charge >= 0.3 is 0 Å². The van der Waals surface area contributed by atoms with Gasteiger partial charge < -0.3 is 5.11 Å². The van der Waals surface area contributed by atoms with Crippen LogP contribution in [0.15, 0.2) is 70.4 Å². The number of sulfone groups is 1. The number of nitrogens with zero attached hydrogens (tertiary/aromatic N) is 2. The minimum Gasteiger partial charge on any atom is -0.384 e. The summed E-state index contributed by atoms with van der Waals surface area (Å²) in [6.45, 7) is 5.46. The Balaban J connectivity index is 1.82. The lowest BCUT2D eigenvalue weighted by molar-refractivity contribution is 0.0743. The maximum atomic E-state index is 11.9. The van der Waals surface area contributed by atoms with Crippen LogP contribution in [0.2, 0.25) is 0 Å². The minimum absolute atomic E-state index is 0.302. The van der Waals surface area contributed by atoms with Crippen LogP contribution in [0.25, 0.3) is 28.2 Å². The molecule has 2 heterocycles. The number of thiophene rings is 1. The molecule has 1 N–H and O–H groups in total. The molecule has 7 heteroatoms. The molecule has 0 atom stereocenters. The number of benzene rings is 2. The molecule has 31 heavy (non-hydrogen) atoms. The Morgan fingerprint density at radius 1 is 1.03 bits per heavy atom. The molecule has 0 radical (unpaired) electrons. The molecule has 2 aromatic carbocycles. The average molecular weight is 453 g/mol. The Morgan fingerprint density at radius 2 is 1.77 bits per heavy atom. The number of imidazole rings is 1. The zero-order valence-corrected chi connectivity index (χ0v) is 19.5. The Morgan fingerprint density at radius 3 is 2.39 bits per heavy atom. The van der Waals surface area contributed by atoms with Gasteiger partial charge in [0.1, 0.15) is 11.4 Å². The summed E-state index contributed by atoms with van der Waals surface area (Å²) >= 11 is 1.60. The Kier molecular flexibility index (Phi) is 5.37. The molecule has 4 rings (SSSR count). The highest BCUT2D eigenvalue weighted by Gasteiger charge is 2.23. The molecule has 5 nitrogen and oxygen atoms in total. The molecule has 0 saturated carbocycles. The largest absolute Gasteiger partial charge is 0.384 e. The van der Waals surface area contributed by atoms with Crippen LogP contribution >= 0.6 is 11.3 Å². The fraction of sp³-hybridized carbons (Fsp3) is 0.208. The van der Waals surface area contributed by atoms with Gasteiger partial charge in [-0.15, -0.1) is 0 Å². The second kappa shape index (κ2) is 7.75. The molecule has 0 aliphatic rings. The highest BCUT2D eigenvalue weighted by molar-refractivity contribution is 7.90. The standard InChI is InChI=1S/C24H24N2O3S2/c1-16-12-18(17-6-5-7-20(13-17)31(4,28)29)8-9-21(16)26-14-22(24(2,3)27)25-23(26)19-10-11-30-15-19/h5-15,27H,1-4H3. The van der Waals surface area contributed by atoms with E-state index in [1.54, 1.807) is 43.4 Å². The number of rotatable bonds is 5. The van der Waals surface area contributed by atoms with Gasteiger partial charge in [-0.3, -0.25) is 4.57 Å². The summed E-state index contributed by atoms with van der Waals surface area (Å²) in [7, 11) is -3.27. The smallest absolute Gasteiger partial charge is 0.175 e. The predicted molar refractivity (Wildman–Crippen MR) is 125 cm³/mol. The molecule has 0 aliphatic carbocycles. The van der Waals surface area contributed by atoms with Gasteiger partial charge in [0.05, 0.1) is 16.3 Å². The van der Waals surface area contributed by atoms with Crippen molar-refractivity contribution in [2.45, 2.75) is 31.3 Å². The second-order valence-electron chi connectivity index (χ2n) is 8.19. The maximum Gasteiger partial charge on any atom is 0.175 e. The Bertz CT molecular complexity index is 1350. The topological polar surface area (TPSA) is 72.2 Å². The lowest BCUT2D eigenvalue weighted by Crippen LogP contribution is -2.15. The molecule has 0 fully saturated rings. The first-order valence-electron chi connectivity index (χ1n) is 9.80. The van der Waals surface area contributed by atoms with Crippen LogP contribution in [0.5, 0.6) is 0 Å². The van der Waals surface area contributed by atoms with E-state index in [0.717, 1.165) is 33.8 Å². The maximum absolute atomic E-state index is 11.9. The van der Waals surface area contributed by atoms with E-state index in [2.05, 4.69) is 0 Å². The predicted octanol–water partition coefficient (Wildman–Crippen LogP) is 5.21. The number of hydrogen-bond acceptors (Lipinski definition) is 5. The fourth-order valence-electron chi connectivity index (χ4n) is 3.47. The van der Waals surface area contributed by atoms with Gasteiger partial charge in [0.15, 0.2) is 9.84 Å². The van der Waals surface area contributed by atoms with E-state index in [9.17, 15) is 13.5 Å². The molecule has 0 amide bonds. The van der Waals surface area contributed by atoms with E-state index in [-0.39, 0.29) is 0 Å². The molecule has 0 aliphatic heterocycles. The van der Waals surface area contributed by atoms with E-state index >= 15 is 0 Å². The Labute approximate surface area is 186 Å². The van der Waals surface area contributed by atoms with E-state index in [4.69, 9.17) is 4.98 Å². The summed E-state index contributed by atoms with van der Waals surface area (Å²) < 4.78 is 25.9. The average Bonchev–Trinajstić information content (AvgIpc) is 3.36. The van der Waals surface area contributed by atoms with Crippen molar-refractivity contribution in [2.24, 2.45) is 0 Å². The van der Waals surface area contributed by atoms with Crippen LogP contribution < -0.4 is 0 Å². The van der Waals surface area contributed by atoms with Gasteiger partial charge in [-0.05, 0) is 73.2 Å². The van der Waals surface area contributed by atoms with Crippen molar-refractivity contribution in [1.29, 1.82) is 0 Å². The molecular weight excluding hydrogens is 428 g/mol. The van der Waals surface area contributed by atoms with Crippen LogP contribution in [0.3, 0.4) is 0 Å². The van der Waals surface area contributed by atoms with Gasteiger partial charge in [0.2, 0.25) is 0 Å². The fourth-order valence-corrected chi connectivity index (χ4v) is 4.77. The summed E-state index contributed by atoms with van der Waals surface area (Å²) in [5.74, 6) is 0.772. The first-order valence-corrected chi connectivity index (χ1v) is 12.6. The van der Waals surface area contributed by atoms with Gasteiger partial charge in [-0.2, -0.15) is 11.3 Å². The highest BCUT2D eigenvalue weighted by Crippen LogP contribution is 2.32. The first kappa shape index (κ1) is 21.5. The van der Waals surface area contributed by atoms with Crippen LogP contribution in [0.4, 0.5) is 0 Å². The molecule has 0 bridgehead atoms. The third kappa shape index (κ3) is 4.35. The van der Waals surface area contributed by atoms with Crippen LogP contribution in [-0.4, -0.2) is 29.3 Å². The third-order valence-corrected chi connectivity index (χ3v) is 6.96. The normalized spacial score (nSPS) is 12.3. The number of aliphatic hydroxyl groups is 1. The van der Waals surface area contributed by atoms with Crippen molar-refractivity contribution in [3.05, 3.63) is 76.7 Å². The van der Waals surface area contributed by atoms with Crippen molar-refractivity contribution >= 4 is 21.2 Å². The van der Waals surface area contributed by atoms with E-state index in [0.29, 0.717) is 10.6 Å². The van der Waals surface area contributed by atoms with Crippen molar-refractivity contribution in [2.75, 3.05) is 6.26 Å². The summed E-state index contributed by atoms with van der Waals surface area (Å²) in [5.41, 5.74) is 4.27. The molecular formula is C24H24N2O3S2. The van der Waals surface area contributed by atoms with Crippen molar-refractivity contribution in [3.63, 3.8) is 0 Å². The third-order valence-electron chi connectivity index (χ3n) is 5.16. The summed E-state index contributed by atoms with van der Waals surface area (Å²) in [5, 5.41) is 14.5. The van der Waals surface area contributed by atoms with Crippen LogP contribution in [0, 0.1) is 6.92 Å². The number of hydrogen-bond donors (Lipinski definition) is 1. The van der Waals surface area contributed by atoms with Gasteiger partial charge in [-0.25, -0.2) is 13.4 Å². The van der Waals surface area contributed by atoms with Crippen molar-refractivity contribution in [1.82, 2.24) is 9.55 Å². The van der Waals surface area contributed by atoms with E-state index < -0.39 is 15.4 Å². The molecule has 2 aromatic heterocycles. The van der Waals surface area contributed by atoms with Crippen molar-refractivity contribution < 1.29 is 13.5 Å². The summed E-state index contributed by atoms with van der Waals surface area (Å²) in [6, 6.07) is 15.0. The number of aryl methyl sites for hydroxylation is 1. The molecule has 0 saturated heterocycles. The summed E-state index contributed by atoms with van der Waals surface area (Å²) in [4.78, 5) is 5.02. The highest BCUT2D eigenvalue weighted by atomic mass is 32.2. The second-order valence-corrected chi connectivity index (χ2v) is 11.0. The van der Waals surface area contributed by atoms with Crippen molar-refractivity contribution in [3.8, 4) is 28.2 Å². The monoisotopic (exact) mass is 452 g/mol.